The Morgan fingerprint density at radius 1 is 1.31 bits per heavy atom. The summed E-state index contributed by atoms with van der Waals surface area (Å²) in [6.07, 6.45) is 6.79. The van der Waals surface area contributed by atoms with E-state index < -0.39 is 0 Å². The van der Waals surface area contributed by atoms with Gasteiger partial charge in [0, 0.05) is 12.1 Å². The van der Waals surface area contributed by atoms with E-state index in [-0.39, 0.29) is 0 Å². The van der Waals surface area contributed by atoms with Gasteiger partial charge in [-0.1, -0.05) is 13.8 Å². The zero-order valence-electron chi connectivity index (χ0n) is 11.6. The number of rotatable bonds is 7. The van der Waals surface area contributed by atoms with Gasteiger partial charge in [0.1, 0.15) is 0 Å². The quantitative estimate of drug-likeness (QED) is 0.718. The van der Waals surface area contributed by atoms with Gasteiger partial charge in [-0.3, -0.25) is 0 Å². The Labute approximate surface area is 102 Å². The van der Waals surface area contributed by atoms with E-state index in [1.54, 1.807) is 0 Å². The molecule has 0 spiro atoms. The Balaban J connectivity index is 2.06. The van der Waals surface area contributed by atoms with Gasteiger partial charge in [-0.25, -0.2) is 0 Å². The highest BCUT2D eigenvalue weighted by atomic mass is 15.1. The molecule has 1 aliphatic heterocycles. The van der Waals surface area contributed by atoms with Crippen molar-refractivity contribution in [1.82, 2.24) is 10.2 Å². The van der Waals surface area contributed by atoms with Crippen LogP contribution in [-0.4, -0.2) is 37.1 Å². The second-order valence-electron chi connectivity index (χ2n) is 5.89. The van der Waals surface area contributed by atoms with Crippen LogP contribution in [0.1, 0.15) is 52.9 Å². The van der Waals surface area contributed by atoms with Gasteiger partial charge in [-0.15, -0.1) is 0 Å². The lowest BCUT2D eigenvalue weighted by atomic mass is 10.0. The fraction of sp³-hybridized carbons (Fsp3) is 1.00. The van der Waals surface area contributed by atoms with Crippen LogP contribution in [0.25, 0.3) is 0 Å². The molecule has 2 nitrogen and oxygen atoms in total. The summed E-state index contributed by atoms with van der Waals surface area (Å²) in [6.45, 7) is 9.48. The molecule has 16 heavy (non-hydrogen) atoms. The minimum atomic E-state index is 0.733. The smallest absolute Gasteiger partial charge is 0.00680 e. The van der Waals surface area contributed by atoms with Crippen LogP contribution in [0.5, 0.6) is 0 Å². The molecule has 0 amide bonds. The van der Waals surface area contributed by atoms with Gasteiger partial charge in [0.2, 0.25) is 0 Å². The summed E-state index contributed by atoms with van der Waals surface area (Å²) in [5, 5.41) is 3.57. The summed E-state index contributed by atoms with van der Waals surface area (Å²) >= 11 is 0. The molecule has 1 saturated heterocycles. The molecule has 96 valence electrons. The molecule has 1 N–H and O–H groups in total. The van der Waals surface area contributed by atoms with Gasteiger partial charge in [0.15, 0.2) is 0 Å². The zero-order chi connectivity index (χ0) is 12.0. The third-order valence-corrected chi connectivity index (χ3v) is 3.79. The fourth-order valence-corrected chi connectivity index (χ4v) is 2.67. The molecular weight excluding hydrogens is 196 g/mol. The molecule has 1 aliphatic rings. The van der Waals surface area contributed by atoms with Crippen LogP contribution in [0.3, 0.4) is 0 Å². The largest absolute Gasteiger partial charge is 0.314 e. The van der Waals surface area contributed by atoms with Crippen molar-refractivity contribution in [3.8, 4) is 0 Å². The molecule has 1 fully saturated rings. The third-order valence-electron chi connectivity index (χ3n) is 3.79. The molecule has 0 aromatic heterocycles. The number of hydrogen-bond acceptors (Lipinski definition) is 2. The van der Waals surface area contributed by atoms with Crippen molar-refractivity contribution in [3.63, 3.8) is 0 Å². The average molecular weight is 226 g/mol. The molecule has 2 heteroatoms. The van der Waals surface area contributed by atoms with Crippen molar-refractivity contribution >= 4 is 0 Å². The standard InChI is InChI=1S/C14H30N2/c1-12(2)11-13(3)16(4)10-6-8-14-7-5-9-15-14/h12-15H,5-11H2,1-4H3. The van der Waals surface area contributed by atoms with E-state index >= 15 is 0 Å². The van der Waals surface area contributed by atoms with E-state index in [1.165, 1.54) is 45.2 Å². The third kappa shape index (κ3) is 5.31. The number of nitrogens with zero attached hydrogens (tertiary/aromatic N) is 1. The summed E-state index contributed by atoms with van der Waals surface area (Å²) < 4.78 is 0. The molecule has 0 aliphatic carbocycles. The predicted octanol–water partition coefficient (Wildman–Crippen LogP) is 2.89. The molecule has 2 unspecified atom stereocenters. The average Bonchev–Trinajstić information content (AvgIpc) is 2.69. The Morgan fingerprint density at radius 2 is 2.06 bits per heavy atom. The highest BCUT2D eigenvalue weighted by molar-refractivity contribution is 4.74. The molecule has 2 atom stereocenters. The first kappa shape index (κ1) is 14.0. The van der Waals surface area contributed by atoms with Crippen molar-refractivity contribution in [2.75, 3.05) is 20.1 Å². The van der Waals surface area contributed by atoms with Crippen LogP contribution in [-0.2, 0) is 0 Å². The van der Waals surface area contributed by atoms with Crippen molar-refractivity contribution in [2.45, 2.75) is 65.0 Å². The number of nitrogens with one attached hydrogen (secondary N) is 1. The maximum atomic E-state index is 3.57. The van der Waals surface area contributed by atoms with Gasteiger partial charge < -0.3 is 10.2 Å². The van der Waals surface area contributed by atoms with Crippen LogP contribution in [0.15, 0.2) is 0 Å². The summed E-state index contributed by atoms with van der Waals surface area (Å²) in [5.41, 5.74) is 0. The van der Waals surface area contributed by atoms with E-state index in [1.807, 2.05) is 0 Å². The fourth-order valence-electron chi connectivity index (χ4n) is 2.67. The molecule has 0 aromatic carbocycles. The van der Waals surface area contributed by atoms with Gasteiger partial charge >= 0.3 is 0 Å². The first-order valence-electron chi connectivity index (χ1n) is 7.03. The van der Waals surface area contributed by atoms with Crippen LogP contribution in [0.4, 0.5) is 0 Å². The van der Waals surface area contributed by atoms with Crippen molar-refractivity contribution in [2.24, 2.45) is 5.92 Å². The lowest BCUT2D eigenvalue weighted by Gasteiger charge is -2.26. The normalized spacial score (nSPS) is 23.2. The van der Waals surface area contributed by atoms with Gasteiger partial charge in [-0.05, 0) is 65.1 Å². The van der Waals surface area contributed by atoms with E-state index in [9.17, 15) is 0 Å². The van der Waals surface area contributed by atoms with Crippen molar-refractivity contribution < 1.29 is 0 Å². The Bertz CT molecular complexity index is 174. The monoisotopic (exact) mass is 226 g/mol. The molecule has 0 radical (unpaired) electrons. The summed E-state index contributed by atoms with van der Waals surface area (Å²) in [6, 6.07) is 1.55. The molecule has 0 saturated carbocycles. The van der Waals surface area contributed by atoms with Gasteiger partial charge in [0.25, 0.3) is 0 Å². The highest BCUT2D eigenvalue weighted by Gasteiger charge is 2.15. The van der Waals surface area contributed by atoms with Crippen LogP contribution >= 0.6 is 0 Å². The molecule has 0 bridgehead atoms. The first-order valence-corrected chi connectivity index (χ1v) is 7.03. The minimum Gasteiger partial charge on any atom is -0.314 e. The Hall–Kier alpha value is -0.0800. The summed E-state index contributed by atoms with van der Waals surface area (Å²) in [4.78, 5) is 2.52. The minimum absolute atomic E-state index is 0.733. The van der Waals surface area contributed by atoms with Gasteiger partial charge in [-0.2, -0.15) is 0 Å². The lowest BCUT2D eigenvalue weighted by molar-refractivity contribution is 0.222. The first-order chi connectivity index (χ1) is 7.59. The molecule has 1 rings (SSSR count). The number of hydrogen-bond donors (Lipinski definition) is 1. The van der Waals surface area contributed by atoms with Crippen LogP contribution in [0.2, 0.25) is 0 Å². The van der Waals surface area contributed by atoms with E-state index in [2.05, 4.69) is 38.0 Å². The van der Waals surface area contributed by atoms with E-state index in [4.69, 9.17) is 0 Å². The van der Waals surface area contributed by atoms with Crippen molar-refractivity contribution in [3.05, 3.63) is 0 Å². The van der Waals surface area contributed by atoms with Crippen molar-refractivity contribution in [1.29, 1.82) is 0 Å². The Morgan fingerprint density at radius 3 is 2.62 bits per heavy atom. The van der Waals surface area contributed by atoms with E-state index in [0.717, 1.165) is 18.0 Å². The second-order valence-corrected chi connectivity index (χ2v) is 5.89. The lowest BCUT2D eigenvalue weighted by Crippen LogP contribution is -2.32. The predicted molar refractivity (Wildman–Crippen MR) is 71.8 cm³/mol. The van der Waals surface area contributed by atoms with Gasteiger partial charge in [0.05, 0.1) is 0 Å². The zero-order valence-corrected chi connectivity index (χ0v) is 11.6. The van der Waals surface area contributed by atoms with E-state index in [0.29, 0.717) is 0 Å². The van der Waals surface area contributed by atoms with Crippen LogP contribution < -0.4 is 5.32 Å². The maximum Gasteiger partial charge on any atom is 0.00680 e. The molecule has 0 aromatic rings. The summed E-state index contributed by atoms with van der Waals surface area (Å²) in [7, 11) is 2.27. The highest BCUT2D eigenvalue weighted by Crippen LogP contribution is 2.13. The SMILES string of the molecule is CC(C)CC(C)N(C)CCCC1CCCN1. The molecular formula is C14H30N2. The summed E-state index contributed by atoms with van der Waals surface area (Å²) in [5.74, 6) is 0.814. The second kappa shape index (κ2) is 7.29. The topological polar surface area (TPSA) is 15.3 Å². The Kier molecular flexibility index (Phi) is 6.37. The maximum absolute atomic E-state index is 3.57. The molecule has 1 heterocycles. The van der Waals surface area contributed by atoms with Crippen LogP contribution in [0, 0.1) is 5.92 Å².